The molecule has 2 aliphatic heterocycles. The van der Waals surface area contributed by atoms with Crippen molar-refractivity contribution in [2.24, 2.45) is 0 Å². The topological polar surface area (TPSA) is 51.5 Å². The minimum absolute atomic E-state index is 0.101. The van der Waals surface area contributed by atoms with Crippen LogP contribution in [0, 0.1) is 6.92 Å². The molecule has 0 spiro atoms. The summed E-state index contributed by atoms with van der Waals surface area (Å²) < 4.78 is 7.16. The van der Waals surface area contributed by atoms with Gasteiger partial charge in [-0.05, 0) is 48.6 Å². The first-order chi connectivity index (χ1) is 12.5. The zero-order valence-electron chi connectivity index (χ0n) is 15.4. The molecule has 0 radical (unpaired) electrons. The monoisotopic (exact) mass is 352 g/mol. The van der Waals surface area contributed by atoms with E-state index in [4.69, 9.17) is 4.74 Å². The van der Waals surface area contributed by atoms with Gasteiger partial charge in [-0.3, -0.25) is 14.2 Å². The molecular weight excluding hydrogens is 328 g/mol. The summed E-state index contributed by atoms with van der Waals surface area (Å²) in [6, 6.07) is 9.88. The summed E-state index contributed by atoms with van der Waals surface area (Å²) in [5.41, 5.74) is 2.70. The van der Waals surface area contributed by atoms with Crippen molar-refractivity contribution in [1.29, 1.82) is 0 Å². The molecule has 2 aromatic rings. The Bertz CT molecular complexity index is 916. The molecule has 3 heterocycles. The number of carbonyl (C=O) groups is 1. The molecule has 1 aromatic heterocycles. The first-order valence-electron chi connectivity index (χ1n) is 9.21. The van der Waals surface area contributed by atoms with Crippen LogP contribution in [-0.4, -0.2) is 40.7 Å². The van der Waals surface area contributed by atoms with Gasteiger partial charge in [0.2, 0.25) is 0 Å². The van der Waals surface area contributed by atoms with E-state index >= 15 is 0 Å². The SMILES string of the molecule is Cc1ccn(-c2cccc(C(C)C)c2)c(=O)c1C(=O)N1C[C@H]2C[C@@H]1CO2. The lowest BCUT2D eigenvalue weighted by atomic mass is 10.0. The number of hydrogen-bond donors (Lipinski definition) is 0. The lowest BCUT2D eigenvalue weighted by Crippen LogP contribution is -2.44. The second kappa shape index (κ2) is 6.40. The van der Waals surface area contributed by atoms with Crippen molar-refractivity contribution in [1.82, 2.24) is 9.47 Å². The molecule has 1 amide bonds. The molecule has 0 saturated carbocycles. The predicted octanol–water partition coefficient (Wildman–Crippen LogP) is 2.88. The van der Waals surface area contributed by atoms with E-state index in [-0.39, 0.29) is 29.2 Å². The first-order valence-corrected chi connectivity index (χ1v) is 9.21. The average molecular weight is 352 g/mol. The fraction of sp³-hybridized carbons (Fsp3) is 0.429. The number of rotatable bonds is 3. The Morgan fingerprint density at radius 2 is 2.08 bits per heavy atom. The van der Waals surface area contributed by atoms with Crippen molar-refractivity contribution >= 4 is 5.91 Å². The third-order valence-electron chi connectivity index (χ3n) is 5.49. The molecule has 0 aliphatic carbocycles. The molecule has 26 heavy (non-hydrogen) atoms. The van der Waals surface area contributed by atoms with Gasteiger partial charge in [0.15, 0.2) is 0 Å². The summed E-state index contributed by atoms with van der Waals surface area (Å²) in [6.07, 6.45) is 2.76. The molecule has 1 aromatic carbocycles. The highest BCUT2D eigenvalue weighted by Crippen LogP contribution is 2.29. The number of pyridine rings is 1. The highest BCUT2D eigenvalue weighted by atomic mass is 16.5. The normalized spacial score (nSPS) is 21.6. The van der Waals surface area contributed by atoms with E-state index in [0.717, 1.165) is 23.2 Å². The summed E-state index contributed by atoms with van der Waals surface area (Å²) in [5.74, 6) is 0.204. The van der Waals surface area contributed by atoms with Crippen LogP contribution in [-0.2, 0) is 4.74 Å². The number of carbonyl (C=O) groups excluding carboxylic acids is 1. The van der Waals surface area contributed by atoms with Gasteiger partial charge in [0, 0.05) is 18.4 Å². The quantitative estimate of drug-likeness (QED) is 0.853. The lowest BCUT2D eigenvalue weighted by Gasteiger charge is -2.27. The predicted molar refractivity (Wildman–Crippen MR) is 100 cm³/mol. The number of hydrogen-bond acceptors (Lipinski definition) is 3. The van der Waals surface area contributed by atoms with Crippen molar-refractivity contribution in [3.8, 4) is 5.69 Å². The molecule has 2 aliphatic rings. The van der Waals surface area contributed by atoms with Gasteiger partial charge in [-0.15, -0.1) is 0 Å². The van der Waals surface area contributed by atoms with Gasteiger partial charge in [-0.1, -0.05) is 26.0 Å². The van der Waals surface area contributed by atoms with E-state index < -0.39 is 0 Å². The minimum Gasteiger partial charge on any atom is -0.374 e. The Hall–Kier alpha value is -2.40. The van der Waals surface area contributed by atoms with Crippen molar-refractivity contribution in [3.63, 3.8) is 0 Å². The molecule has 2 fully saturated rings. The first kappa shape index (κ1) is 17.0. The van der Waals surface area contributed by atoms with Crippen LogP contribution in [0.1, 0.15) is 47.7 Å². The third-order valence-corrected chi connectivity index (χ3v) is 5.49. The van der Waals surface area contributed by atoms with E-state index in [2.05, 4.69) is 19.9 Å². The summed E-state index contributed by atoms with van der Waals surface area (Å²) in [4.78, 5) is 28.1. The lowest BCUT2D eigenvalue weighted by molar-refractivity contribution is 0.0257. The maximum Gasteiger partial charge on any atom is 0.268 e. The van der Waals surface area contributed by atoms with Crippen molar-refractivity contribution < 1.29 is 9.53 Å². The fourth-order valence-electron chi connectivity index (χ4n) is 3.92. The second-order valence-electron chi connectivity index (χ2n) is 7.60. The largest absolute Gasteiger partial charge is 0.374 e. The number of aryl methyl sites for hydroxylation is 1. The van der Waals surface area contributed by atoms with Crippen LogP contribution in [0.15, 0.2) is 41.3 Å². The van der Waals surface area contributed by atoms with E-state index in [9.17, 15) is 9.59 Å². The molecule has 5 heteroatoms. The van der Waals surface area contributed by atoms with Crippen molar-refractivity contribution in [2.45, 2.75) is 45.3 Å². The molecule has 0 N–H and O–H groups in total. The Morgan fingerprint density at radius 3 is 2.73 bits per heavy atom. The second-order valence-corrected chi connectivity index (χ2v) is 7.60. The average Bonchev–Trinajstić information content (AvgIpc) is 3.25. The smallest absolute Gasteiger partial charge is 0.268 e. The van der Waals surface area contributed by atoms with E-state index in [1.807, 2.05) is 36.1 Å². The maximum atomic E-state index is 13.2. The molecule has 2 bridgehead atoms. The van der Waals surface area contributed by atoms with Crippen LogP contribution in [0.25, 0.3) is 5.69 Å². The van der Waals surface area contributed by atoms with Crippen LogP contribution < -0.4 is 5.56 Å². The fourth-order valence-corrected chi connectivity index (χ4v) is 3.92. The molecule has 5 nitrogen and oxygen atoms in total. The number of benzene rings is 1. The van der Waals surface area contributed by atoms with Crippen molar-refractivity contribution in [2.75, 3.05) is 13.2 Å². The van der Waals surface area contributed by atoms with Crippen LogP contribution >= 0.6 is 0 Å². The maximum absolute atomic E-state index is 13.2. The van der Waals surface area contributed by atoms with E-state index in [1.165, 1.54) is 0 Å². The van der Waals surface area contributed by atoms with Crippen LogP contribution in [0.2, 0.25) is 0 Å². The Labute approximate surface area is 153 Å². The van der Waals surface area contributed by atoms with Gasteiger partial charge in [0.05, 0.1) is 18.8 Å². The number of ether oxygens (including phenoxy) is 1. The zero-order valence-corrected chi connectivity index (χ0v) is 15.4. The third kappa shape index (κ3) is 2.76. The number of aromatic nitrogens is 1. The number of nitrogens with zero attached hydrogens (tertiary/aromatic N) is 2. The van der Waals surface area contributed by atoms with E-state index in [1.54, 1.807) is 10.8 Å². The summed E-state index contributed by atoms with van der Waals surface area (Å²) >= 11 is 0. The molecule has 4 rings (SSSR count). The van der Waals surface area contributed by atoms with E-state index in [0.29, 0.717) is 19.1 Å². The molecule has 136 valence electrons. The number of fused-ring (bicyclic) bond motifs is 2. The molecule has 2 saturated heterocycles. The van der Waals surface area contributed by atoms with Gasteiger partial charge < -0.3 is 9.64 Å². The zero-order chi connectivity index (χ0) is 18.4. The summed E-state index contributed by atoms with van der Waals surface area (Å²) in [5, 5.41) is 0. The van der Waals surface area contributed by atoms with Crippen LogP contribution in [0.3, 0.4) is 0 Å². The number of morpholine rings is 1. The number of amides is 1. The van der Waals surface area contributed by atoms with Gasteiger partial charge in [-0.25, -0.2) is 0 Å². The highest BCUT2D eigenvalue weighted by molar-refractivity contribution is 5.95. The standard InChI is InChI=1S/C21H24N2O3/c1-13(2)15-5-4-6-16(9-15)22-8-7-14(3)19(20(22)24)21(25)23-11-18-10-17(23)12-26-18/h4-9,13,17-18H,10-12H2,1-3H3/t17-,18-/m1/s1. The Kier molecular flexibility index (Phi) is 4.19. The van der Waals surface area contributed by atoms with Gasteiger partial charge in [0.25, 0.3) is 11.5 Å². The highest BCUT2D eigenvalue weighted by Gasteiger charge is 2.42. The summed E-state index contributed by atoms with van der Waals surface area (Å²) in [6.45, 7) is 7.23. The van der Waals surface area contributed by atoms with Gasteiger partial charge in [-0.2, -0.15) is 0 Å². The molecular formula is C21H24N2O3. The van der Waals surface area contributed by atoms with Gasteiger partial charge in [0.1, 0.15) is 5.56 Å². The summed E-state index contributed by atoms with van der Waals surface area (Å²) in [7, 11) is 0. The Morgan fingerprint density at radius 1 is 1.27 bits per heavy atom. The van der Waals surface area contributed by atoms with Crippen LogP contribution in [0.5, 0.6) is 0 Å². The Balaban J connectivity index is 1.75. The van der Waals surface area contributed by atoms with Gasteiger partial charge >= 0.3 is 0 Å². The van der Waals surface area contributed by atoms with Crippen LogP contribution in [0.4, 0.5) is 0 Å². The molecule has 2 atom stereocenters. The molecule has 0 unspecified atom stereocenters. The number of likely N-dealkylation sites (tertiary alicyclic amines) is 1. The van der Waals surface area contributed by atoms with Crippen molar-refractivity contribution in [3.05, 3.63) is 63.6 Å². The minimum atomic E-state index is -0.250.